The highest BCUT2D eigenvalue weighted by Crippen LogP contribution is 2.12. The van der Waals surface area contributed by atoms with Gasteiger partial charge in [0.1, 0.15) is 5.69 Å². The van der Waals surface area contributed by atoms with Gasteiger partial charge in [-0.3, -0.25) is 9.89 Å². The van der Waals surface area contributed by atoms with Crippen molar-refractivity contribution in [3.63, 3.8) is 0 Å². The number of amides is 1. The molecule has 0 radical (unpaired) electrons. The molecule has 0 aliphatic rings. The molecule has 0 atom stereocenters. The Hall–Kier alpha value is -2.88. The number of H-pyrrole nitrogens is 1. The highest BCUT2D eigenvalue weighted by Gasteiger charge is 2.18. The maximum atomic E-state index is 12.8. The maximum Gasteiger partial charge on any atom is 0.274 e. The minimum atomic E-state index is -0.0266. The minimum absolute atomic E-state index is 0.0266. The lowest BCUT2D eigenvalue weighted by Gasteiger charge is -2.22. The number of aromatic nitrogens is 2. The topological polar surface area (TPSA) is 49.0 Å². The van der Waals surface area contributed by atoms with E-state index in [9.17, 15) is 4.79 Å². The first-order valence-corrected chi connectivity index (χ1v) is 8.61. The second-order valence-corrected chi connectivity index (χ2v) is 6.24. The molecule has 0 spiro atoms. The number of rotatable bonds is 7. The molecule has 0 aliphatic carbocycles. The van der Waals surface area contributed by atoms with E-state index < -0.39 is 0 Å². The average molecular weight is 333 g/mol. The molecule has 4 heteroatoms. The maximum absolute atomic E-state index is 12.8. The number of aryl methyl sites for hydroxylation is 2. The molecule has 0 saturated heterocycles. The van der Waals surface area contributed by atoms with Crippen LogP contribution in [-0.4, -0.2) is 27.5 Å². The predicted octanol–water partition coefficient (Wildman–Crippen LogP) is 3.99. The fraction of sp³-hybridized carbons (Fsp3) is 0.238. The van der Waals surface area contributed by atoms with Gasteiger partial charge in [0.25, 0.3) is 5.91 Å². The first-order chi connectivity index (χ1) is 12.2. The average Bonchev–Trinajstić information content (AvgIpc) is 3.08. The predicted molar refractivity (Wildman–Crippen MR) is 99.3 cm³/mol. The second kappa shape index (κ2) is 8.29. The molecular weight excluding hydrogens is 310 g/mol. The third kappa shape index (κ3) is 4.80. The zero-order valence-electron chi connectivity index (χ0n) is 14.5. The Morgan fingerprint density at radius 3 is 2.24 bits per heavy atom. The summed E-state index contributed by atoms with van der Waals surface area (Å²) in [5.74, 6) is -0.0266. The molecular formula is C21H23N3O. The SMILES string of the molecule is Cc1cc(C(=O)N(CCCc2ccccc2)Cc2ccccc2)n[nH]1. The van der Waals surface area contributed by atoms with Crippen LogP contribution in [0.2, 0.25) is 0 Å². The van der Waals surface area contributed by atoms with Crippen LogP contribution in [0.1, 0.15) is 33.7 Å². The van der Waals surface area contributed by atoms with E-state index in [2.05, 4.69) is 34.5 Å². The summed E-state index contributed by atoms with van der Waals surface area (Å²) in [5, 5.41) is 6.98. The Labute approximate surface area is 148 Å². The van der Waals surface area contributed by atoms with E-state index in [1.54, 1.807) is 6.07 Å². The molecule has 0 aliphatic heterocycles. The largest absolute Gasteiger partial charge is 0.333 e. The van der Waals surface area contributed by atoms with Crippen molar-refractivity contribution < 1.29 is 4.79 Å². The molecule has 0 saturated carbocycles. The fourth-order valence-corrected chi connectivity index (χ4v) is 2.86. The molecule has 0 unspecified atom stereocenters. The molecule has 1 heterocycles. The van der Waals surface area contributed by atoms with Crippen LogP contribution in [0.4, 0.5) is 0 Å². The van der Waals surface area contributed by atoms with Gasteiger partial charge in [-0.05, 0) is 37.0 Å². The lowest BCUT2D eigenvalue weighted by molar-refractivity contribution is 0.0735. The number of hydrogen-bond donors (Lipinski definition) is 1. The Balaban J connectivity index is 1.68. The van der Waals surface area contributed by atoms with Crippen molar-refractivity contribution in [2.24, 2.45) is 0 Å². The molecule has 1 amide bonds. The van der Waals surface area contributed by atoms with Gasteiger partial charge in [0.05, 0.1) is 0 Å². The minimum Gasteiger partial charge on any atom is -0.333 e. The van der Waals surface area contributed by atoms with E-state index in [0.717, 1.165) is 24.1 Å². The van der Waals surface area contributed by atoms with Crippen molar-refractivity contribution in [2.75, 3.05) is 6.54 Å². The summed E-state index contributed by atoms with van der Waals surface area (Å²) in [7, 11) is 0. The van der Waals surface area contributed by atoms with Crippen molar-refractivity contribution >= 4 is 5.91 Å². The van der Waals surface area contributed by atoms with Crippen LogP contribution in [0.15, 0.2) is 66.7 Å². The first-order valence-electron chi connectivity index (χ1n) is 8.61. The van der Waals surface area contributed by atoms with Gasteiger partial charge in [-0.1, -0.05) is 60.7 Å². The van der Waals surface area contributed by atoms with E-state index in [-0.39, 0.29) is 5.91 Å². The van der Waals surface area contributed by atoms with Crippen LogP contribution >= 0.6 is 0 Å². The van der Waals surface area contributed by atoms with E-state index in [1.165, 1.54) is 5.56 Å². The number of hydrogen-bond acceptors (Lipinski definition) is 2. The zero-order chi connectivity index (χ0) is 17.5. The lowest BCUT2D eigenvalue weighted by atomic mass is 10.1. The van der Waals surface area contributed by atoms with Gasteiger partial charge in [0.2, 0.25) is 0 Å². The van der Waals surface area contributed by atoms with Gasteiger partial charge in [-0.15, -0.1) is 0 Å². The van der Waals surface area contributed by atoms with E-state index in [1.807, 2.05) is 48.2 Å². The summed E-state index contributed by atoms with van der Waals surface area (Å²) in [4.78, 5) is 14.7. The number of nitrogens with zero attached hydrogens (tertiary/aromatic N) is 2. The van der Waals surface area contributed by atoms with Crippen LogP contribution < -0.4 is 0 Å². The summed E-state index contributed by atoms with van der Waals surface area (Å²) >= 11 is 0. The number of nitrogens with one attached hydrogen (secondary N) is 1. The third-order valence-electron chi connectivity index (χ3n) is 4.16. The van der Waals surface area contributed by atoms with Crippen molar-refractivity contribution in [1.82, 2.24) is 15.1 Å². The van der Waals surface area contributed by atoms with Crippen LogP contribution in [-0.2, 0) is 13.0 Å². The van der Waals surface area contributed by atoms with Gasteiger partial charge in [0.15, 0.2) is 0 Å². The Kier molecular flexibility index (Phi) is 5.62. The molecule has 2 aromatic carbocycles. The number of benzene rings is 2. The van der Waals surface area contributed by atoms with Gasteiger partial charge < -0.3 is 4.90 Å². The molecule has 25 heavy (non-hydrogen) atoms. The lowest BCUT2D eigenvalue weighted by Crippen LogP contribution is -2.32. The standard InChI is InChI=1S/C21H23N3O/c1-17-15-20(23-22-17)21(25)24(16-19-11-6-3-7-12-19)14-8-13-18-9-4-2-5-10-18/h2-7,9-12,15H,8,13-14,16H2,1H3,(H,22,23). The Morgan fingerprint density at radius 2 is 1.64 bits per heavy atom. The van der Waals surface area contributed by atoms with Crippen molar-refractivity contribution in [2.45, 2.75) is 26.3 Å². The zero-order valence-corrected chi connectivity index (χ0v) is 14.5. The summed E-state index contributed by atoms with van der Waals surface area (Å²) in [6.45, 7) is 3.20. The van der Waals surface area contributed by atoms with Crippen LogP contribution in [0, 0.1) is 6.92 Å². The highest BCUT2D eigenvalue weighted by atomic mass is 16.2. The summed E-state index contributed by atoms with van der Waals surface area (Å²) in [5.41, 5.74) is 3.80. The Bertz CT molecular complexity index is 796. The van der Waals surface area contributed by atoms with Crippen LogP contribution in [0.25, 0.3) is 0 Å². The van der Waals surface area contributed by atoms with Crippen LogP contribution in [0.3, 0.4) is 0 Å². The quantitative estimate of drug-likeness (QED) is 0.710. The molecule has 1 N–H and O–H groups in total. The van der Waals surface area contributed by atoms with Gasteiger partial charge in [-0.2, -0.15) is 5.10 Å². The molecule has 1 aromatic heterocycles. The molecule has 0 bridgehead atoms. The molecule has 3 rings (SSSR count). The molecule has 128 valence electrons. The van der Waals surface area contributed by atoms with Crippen LogP contribution in [0.5, 0.6) is 0 Å². The summed E-state index contributed by atoms with van der Waals surface area (Å²) in [6, 6.07) is 22.3. The van der Waals surface area contributed by atoms with Gasteiger partial charge >= 0.3 is 0 Å². The summed E-state index contributed by atoms with van der Waals surface area (Å²) in [6.07, 6.45) is 1.88. The molecule has 0 fully saturated rings. The van der Waals surface area contributed by atoms with E-state index in [0.29, 0.717) is 18.8 Å². The highest BCUT2D eigenvalue weighted by molar-refractivity contribution is 5.92. The van der Waals surface area contributed by atoms with Crippen molar-refractivity contribution in [1.29, 1.82) is 0 Å². The first kappa shape index (κ1) is 17.0. The second-order valence-electron chi connectivity index (χ2n) is 6.24. The molecule has 3 aromatic rings. The van der Waals surface area contributed by atoms with E-state index >= 15 is 0 Å². The fourth-order valence-electron chi connectivity index (χ4n) is 2.86. The van der Waals surface area contributed by atoms with E-state index in [4.69, 9.17) is 0 Å². The normalized spacial score (nSPS) is 10.6. The monoisotopic (exact) mass is 333 g/mol. The van der Waals surface area contributed by atoms with Crippen molar-refractivity contribution in [3.05, 3.63) is 89.2 Å². The number of carbonyl (C=O) groups is 1. The molecule has 4 nitrogen and oxygen atoms in total. The summed E-state index contributed by atoms with van der Waals surface area (Å²) < 4.78 is 0. The Morgan fingerprint density at radius 1 is 1.00 bits per heavy atom. The van der Waals surface area contributed by atoms with Gasteiger partial charge in [-0.25, -0.2) is 0 Å². The van der Waals surface area contributed by atoms with Gasteiger partial charge in [0, 0.05) is 18.8 Å². The number of carbonyl (C=O) groups excluding carboxylic acids is 1. The smallest absolute Gasteiger partial charge is 0.274 e. The third-order valence-corrected chi connectivity index (χ3v) is 4.16. The number of aromatic amines is 1. The van der Waals surface area contributed by atoms with Crippen molar-refractivity contribution in [3.8, 4) is 0 Å².